The first-order chi connectivity index (χ1) is 9.62. The fraction of sp³-hybridized carbons (Fsp3) is 0.667. The molecule has 10 heteroatoms. The summed E-state index contributed by atoms with van der Waals surface area (Å²) < 4.78 is 16.9. The Morgan fingerprint density at radius 2 is 0.909 bits per heavy atom. The molecule has 0 aliphatic rings. The molecular weight excluding hydrogens is 304 g/mol. The van der Waals surface area contributed by atoms with Crippen molar-refractivity contribution in [2.45, 2.75) is 52.7 Å². The fourth-order valence-electron chi connectivity index (χ4n) is 0.684. The summed E-state index contributed by atoms with van der Waals surface area (Å²) in [5.41, 5.74) is -1.39. The molecular formula is C12H20O10. The zero-order valence-corrected chi connectivity index (χ0v) is 13.2. The molecule has 0 unspecified atom stereocenters. The van der Waals surface area contributed by atoms with E-state index in [1.54, 1.807) is 41.5 Å². The van der Waals surface area contributed by atoms with Crippen molar-refractivity contribution < 1.29 is 48.3 Å². The largest absolute Gasteiger partial charge is 0.519 e. The molecule has 0 saturated carbocycles. The van der Waals surface area contributed by atoms with E-state index in [0.717, 1.165) is 0 Å². The first kappa shape index (κ1) is 21.8. The van der Waals surface area contributed by atoms with Crippen LogP contribution in [0.4, 0.5) is 19.2 Å². The number of ether oxygens (including phenoxy) is 4. The van der Waals surface area contributed by atoms with E-state index in [-0.39, 0.29) is 0 Å². The van der Waals surface area contributed by atoms with Gasteiger partial charge in [-0.15, -0.1) is 0 Å². The molecule has 0 fully saturated rings. The lowest BCUT2D eigenvalue weighted by atomic mass is 10.2. The van der Waals surface area contributed by atoms with Crippen molar-refractivity contribution in [1.29, 1.82) is 0 Å². The maximum absolute atomic E-state index is 11.0. The van der Waals surface area contributed by atoms with Gasteiger partial charge < -0.3 is 29.2 Å². The predicted octanol–water partition coefficient (Wildman–Crippen LogP) is 3.23. The zero-order valence-electron chi connectivity index (χ0n) is 13.2. The van der Waals surface area contributed by atoms with Crippen LogP contribution in [-0.4, -0.2) is 46.0 Å². The maximum atomic E-state index is 11.0. The molecule has 0 rings (SSSR count). The molecule has 0 saturated heterocycles. The molecule has 0 aromatic rings. The molecule has 10 nitrogen and oxygen atoms in total. The van der Waals surface area contributed by atoms with Gasteiger partial charge in [0, 0.05) is 0 Å². The maximum Gasteiger partial charge on any atom is 0.519 e. The molecule has 0 spiro atoms. The van der Waals surface area contributed by atoms with E-state index in [9.17, 15) is 19.2 Å². The van der Waals surface area contributed by atoms with Crippen molar-refractivity contribution in [2.75, 3.05) is 0 Å². The number of carboxylic acid groups (broad SMARTS) is 2. The monoisotopic (exact) mass is 324 g/mol. The predicted molar refractivity (Wildman–Crippen MR) is 70.7 cm³/mol. The van der Waals surface area contributed by atoms with Crippen LogP contribution in [0.5, 0.6) is 0 Å². The third-order valence-electron chi connectivity index (χ3n) is 1.12. The van der Waals surface area contributed by atoms with E-state index in [1.807, 2.05) is 0 Å². The number of carbonyl (C=O) groups excluding carboxylic acids is 2. The summed E-state index contributed by atoms with van der Waals surface area (Å²) in [5, 5.41) is 15.0. The van der Waals surface area contributed by atoms with Crippen LogP contribution in [-0.2, 0) is 18.9 Å². The first-order valence-corrected chi connectivity index (χ1v) is 5.90. The fourth-order valence-corrected chi connectivity index (χ4v) is 0.684. The second-order valence-corrected chi connectivity index (χ2v) is 5.66. The highest BCUT2D eigenvalue weighted by Crippen LogP contribution is 2.11. The van der Waals surface area contributed by atoms with E-state index in [1.165, 1.54) is 0 Å². The second kappa shape index (κ2) is 8.70. The highest BCUT2D eigenvalue weighted by molar-refractivity contribution is 5.77. The average Bonchev–Trinajstić information content (AvgIpc) is 2.07. The second-order valence-electron chi connectivity index (χ2n) is 5.66. The van der Waals surface area contributed by atoms with E-state index in [2.05, 4.69) is 9.47 Å². The van der Waals surface area contributed by atoms with Gasteiger partial charge in [0.15, 0.2) is 0 Å². The van der Waals surface area contributed by atoms with Crippen LogP contribution in [0.2, 0.25) is 0 Å². The Kier molecular flexibility index (Phi) is 8.61. The van der Waals surface area contributed by atoms with E-state index in [0.29, 0.717) is 0 Å². The summed E-state index contributed by atoms with van der Waals surface area (Å²) in [4.78, 5) is 40.4. The van der Waals surface area contributed by atoms with Crippen LogP contribution in [0.1, 0.15) is 41.5 Å². The third-order valence-corrected chi connectivity index (χ3v) is 1.12. The highest BCUT2D eigenvalue weighted by Gasteiger charge is 2.24. The molecule has 0 atom stereocenters. The molecule has 128 valence electrons. The average molecular weight is 324 g/mol. The van der Waals surface area contributed by atoms with Crippen molar-refractivity contribution in [1.82, 2.24) is 0 Å². The Labute approximate surface area is 126 Å². The van der Waals surface area contributed by atoms with Gasteiger partial charge in [-0.3, -0.25) is 0 Å². The van der Waals surface area contributed by atoms with Gasteiger partial charge in [-0.05, 0) is 41.5 Å². The number of hydrogen-bond donors (Lipinski definition) is 2. The lowest BCUT2D eigenvalue weighted by Crippen LogP contribution is -2.29. The summed E-state index contributed by atoms with van der Waals surface area (Å²) in [6.07, 6.45) is -5.74. The van der Waals surface area contributed by atoms with Crippen LogP contribution in [0.3, 0.4) is 0 Å². The number of carbonyl (C=O) groups is 4. The lowest BCUT2D eigenvalue weighted by Gasteiger charge is -2.20. The molecule has 22 heavy (non-hydrogen) atoms. The molecule has 0 aliphatic carbocycles. The van der Waals surface area contributed by atoms with Crippen molar-refractivity contribution in [3.05, 3.63) is 0 Å². The number of hydrogen-bond acceptors (Lipinski definition) is 8. The molecule has 0 aliphatic heterocycles. The van der Waals surface area contributed by atoms with Gasteiger partial charge in [-0.2, -0.15) is 0 Å². The molecule has 0 amide bonds. The Morgan fingerprint density at radius 3 is 1.05 bits per heavy atom. The first-order valence-electron chi connectivity index (χ1n) is 5.90. The van der Waals surface area contributed by atoms with Crippen LogP contribution in [0, 0.1) is 0 Å². The van der Waals surface area contributed by atoms with Crippen molar-refractivity contribution in [3.8, 4) is 0 Å². The minimum atomic E-state index is -1.81. The van der Waals surface area contributed by atoms with Gasteiger partial charge in [-0.25, -0.2) is 19.2 Å². The Morgan fingerprint density at radius 1 is 0.636 bits per heavy atom. The van der Waals surface area contributed by atoms with Crippen molar-refractivity contribution in [3.63, 3.8) is 0 Å². The molecule has 0 aromatic carbocycles. The molecule has 0 aromatic heterocycles. The Bertz CT molecular complexity index is 375. The lowest BCUT2D eigenvalue weighted by molar-refractivity contribution is -0.0294. The van der Waals surface area contributed by atoms with Gasteiger partial charge in [0.2, 0.25) is 0 Å². The Hall–Kier alpha value is -2.52. The Balaban J connectivity index is 0. The molecule has 0 heterocycles. The van der Waals surface area contributed by atoms with Gasteiger partial charge in [0.25, 0.3) is 0 Å². The summed E-state index contributed by atoms with van der Waals surface area (Å²) in [6.45, 7) is 10.0. The van der Waals surface area contributed by atoms with Crippen LogP contribution >= 0.6 is 0 Å². The number of rotatable bonds is 0. The minimum Gasteiger partial charge on any atom is -0.449 e. The summed E-state index contributed by atoms with van der Waals surface area (Å²) >= 11 is 0. The van der Waals surface area contributed by atoms with Gasteiger partial charge in [-0.1, -0.05) is 0 Å². The quantitative estimate of drug-likeness (QED) is 0.386. The van der Waals surface area contributed by atoms with Crippen molar-refractivity contribution in [2.24, 2.45) is 0 Å². The summed E-state index contributed by atoms with van der Waals surface area (Å²) in [5.74, 6) is 0. The topological polar surface area (TPSA) is 146 Å². The SMILES string of the molecule is CC(C)(C)OC(=O)OC(=O)OC(C)(C)C.O=C(O)OC(=O)O. The minimum absolute atomic E-state index is 0.695. The van der Waals surface area contributed by atoms with E-state index < -0.39 is 35.8 Å². The summed E-state index contributed by atoms with van der Waals surface area (Å²) in [6, 6.07) is 0. The van der Waals surface area contributed by atoms with Crippen molar-refractivity contribution >= 4 is 24.6 Å². The molecule has 2 N–H and O–H groups in total. The highest BCUT2D eigenvalue weighted by atomic mass is 16.8. The third kappa shape index (κ3) is 19.8. The van der Waals surface area contributed by atoms with Gasteiger partial charge >= 0.3 is 24.6 Å². The standard InChI is InChI=1S/C10H18O5.C2H2O5/c1-9(2,3)14-7(11)13-8(12)15-10(4,5)6;3-1(4)7-2(5)6/h1-6H3;(H,3,4)(H,5,6). The van der Waals surface area contributed by atoms with Gasteiger partial charge in [0.1, 0.15) is 11.2 Å². The zero-order chi connectivity index (χ0) is 18.1. The molecule has 0 radical (unpaired) electrons. The van der Waals surface area contributed by atoms with Crippen LogP contribution in [0.15, 0.2) is 0 Å². The van der Waals surface area contributed by atoms with E-state index in [4.69, 9.17) is 19.7 Å². The normalized spacial score (nSPS) is 10.5. The van der Waals surface area contributed by atoms with E-state index >= 15 is 0 Å². The smallest absolute Gasteiger partial charge is 0.449 e. The van der Waals surface area contributed by atoms with Crippen LogP contribution < -0.4 is 0 Å². The molecule has 0 bridgehead atoms. The van der Waals surface area contributed by atoms with Crippen LogP contribution in [0.25, 0.3) is 0 Å². The summed E-state index contributed by atoms with van der Waals surface area (Å²) in [7, 11) is 0. The van der Waals surface area contributed by atoms with Gasteiger partial charge in [0.05, 0.1) is 0 Å².